The molecule has 1 aliphatic heterocycles. The minimum absolute atomic E-state index is 0.171. The molecule has 3 aromatic rings. The molecule has 1 heterocycles. The third kappa shape index (κ3) is 5.04. The number of hydrogen-bond donors (Lipinski definition) is 2. The van der Waals surface area contributed by atoms with Crippen LogP contribution >= 0.6 is 0 Å². The van der Waals surface area contributed by atoms with E-state index in [1.165, 1.54) is 13.2 Å². The number of methoxy groups -OCH3 is 2. The molecule has 0 saturated carbocycles. The fourth-order valence-corrected chi connectivity index (χ4v) is 3.30. The summed E-state index contributed by atoms with van der Waals surface area (Å²) in [4.78, 5) is 24.9. The van der Waals surface area contributed by atoms with Crippen molar-refractivity contribution in [3.05, 3.63) is 89.7 Å². The van der Waals surface area contributed by atoms with Gasteiger partial charge in [0, 0.05) is 17.8 Å². The summed E-state index contributed by atoms with van der Waals surface area (Å²) in [6, 6.07) is 19.7. The van der Waals surface area contributed by atoms with Gasteiger partial charge in [-0.2, -0.15) is 0 Å². The molecule has 0 aromatic heterocycles. The average molecular weight is 442 g/mol. The summed E-state index contributed by atoms with van der Waals surface area (Å²) in [5.74, 6) is 1.19. The van der Waals surface area contributed by atoms with Crippen molar-refractivity contribution in [2.75, 3.05) is 24.9 Å². The predicted molar refractivity (Wildman–Crippen MR) is 127 cm³/mol. The molecule has 0 saturated heterocycles. The van der Waals surface area contributed by atoms with E-state index in [9.17, 15) is 9.59 Å². The molecule has 1 aliphatic rings. The van der Waals surface area contributed by atoms with Crippen LogP contribution in [0.25, 0.3) is 12.2 Å². The van der Waals surface area contributed by atoms with Gasteiger partial charge in [-0.1, -0.05) is 36.4 Å². The maximum Gasteiger partial charge on any atom is 0.291 e. The highest BCUT2D eigenvalue weighted by Crippen LogP contribution is 2.31. The molecule has 2 amide bonds. The number of carbonyl (C=O) groups excluding carboxylic acids is 2. The Morgan fingerprint density at radius 1 is 0.939 bits per heavy atom. The number of benzene rings is 3. The smallest absolute Gasteiger partial charge is 0.291 e. The van der Waals surface area contributed by atoms with Crippen molar-refractivity contribution in [1.29, 1.82) is 0 Å². The standard InChI is InChI=1S/C26H22N2O5/c1-31-22-13-12-19(16-23(22)32-2)27-25(29)14-11-17-7-3-4-8-18(17)15-24-26(30)28-20-9-5-6-10-21(20)33-24/h3-16H,1-2H3,(H,27,29)(H,28,30)/b14-11+,24-15-. The maximum atomic E-state index is 12.5. The highest BCUT2D eigenvalue weighted by atomic mass is 16.5. The van der Waals surface area contributed by atoms with Gasteiger partial charge in [-0.3, -0.25) is 9.59 Å². The first-order valence-electron chi connectivity index (χ1n) is 10.2. The number of hydrogen-bond acceptors (Lipinski definition) is 5. The Labute approximate surface area is 191 Å². The van der Waals surface area contributed by atoms with Crippen LogP contribution in [0.1, 0.15) is 11.1 Å². The number of amides is 2. The molecular formula is C26H22N2O5. The number of rotatable bonds is 6. The van der Waals surface area contributed by atoms with E-state index in [1.54, 1.807) is 49.6 Å². The van der Waals surface area contributed by atoms with Crippen LogP contribution in [-0.2, 0) is 9.59 Å². The third-order valence-corrected chi connectivity index (χ3v) is 4.93. The summed E-state index contributed by atoms with van der Waals surface area (Å²) in [6.07, 6.45) is 4.75. The van der Waals surface area contributed by atoms with E-state index >= 15 is 0 Å². The van der Waals surface area contributed by atoms with Crippen LogP contribution in [0.4, 0.5) is 11.4 Å². The molecule has 0 unspecified atom stereocenters. The van der Waals surface area contributed by atoms with Crippen LogP contribution in [0.15, 0.2) is 78.6 Å². The highest BCUT2D eigenvalue weighted by molar-refractivity contribution is 6.08. The Morgan fingerprint density at radius 2 is 1.67 bits per heavy atom. The molecule has 7 nitrogen and oxygen atoms in total. The normalized spacial score (nSPS) is 13.8. The molecule has 0 fully saturated rings. The van der Waals surface area contributed by atoms with Gasteiger partial charge in [0.15, 0.2) is 23.0 Å². The Kier molecular flexibility index (Phi) is 6.40. The number of nitrogens with one attached hydrogen (secondary N) is 2. The van der Waals surface area contributed by atoms with E-state index in [0.717, 1.165) is 11.1 Å². The number of ether oxygens (including phenoxy) is 3. The molecule has 2 N–H and O–H groups in total. The zero-order valence-electron chi connectivity index (χ0n) is 18.1. The minimum atomic E-state index is -0.335. The van der Waals surface area contributed by atoms with E-state index in [0.29, 0.717) is 28.6 Å². The fraction of sp³-hybridized carbons (Fsp3) is 0.0769. The van der Waals surface area contributed by atoms with Crippen molar-refractivity contribution in [3.63, 3.8) is 0 Å². The molecule has 3 aromatic carbocycles. The second-order valence-corrected chi connectivity index (χ2v) is 7.08. The third-order valence-electron chi connectivity index (χ3n) is 4.93. The average Bonchev–Trinajstić information content (AvgIpc) is 2.83. The summed E-state index contributed by atoms with van der Waals surface area (Å²) >= 11 is 0. The number of para-hydroxylation sites is 2. The van der Waals surface area contributed by atoms with E-state index in [-0.39, 0.29) is 17.6 Å². The van der Waals surface area contributed by atoms with Gasteiger partial charge in [0.1, 0.15) is 0 Å². The molecule has 0 aliphatic carbocycles. The van der Waals surface area contributed by atoms with Gasteiger partial charge in [0.2, 0.25) is 5.91 Å². The monoisotopic (exact) mass is 442 g/mol. The van der Waals surface area contributed by atoms with E-state index in [2.05, 4.69) is 10.6 Å². The van der Waals surface area contributed by atoms with Gasteiger partial charge < -0.3 is 24.8 Å². The predicted octanol–water partition coefficient (Wildman–Crippen LogP) is 4.73. The number of carbonyl (C=O) groups is 2. The molecule has 0 spiro atoms. The van der Waals surface area contributed by atoms with Crippen molar-refractivity contribution < 1.29 is 23.8 Å². The summed E-state index contributed by atoms with van der Waals surface area (Å²) in [5.41, 5.74) is 2.68. The van der Waals surface area contributed by atoms with Gasteiger partial charge in [-0.15, -0.1) is 0 Å². The topological polar surface area (TPSA) is 85.9 Å². The summed E-state index contributed by atoms with van der Waals surface area (Å²) in [7, 11) is 3.08. The molecule has 4 rings (SSSR count). The largest absolute Gasteiger partial charge is 0.493 e. The zero-order chi connectivity index (χ0) is 23.2. The van der Waals surface area contributed by atoms with Crippen LogP contribution in [0.5, 0.6) is 17.2 Å². The van der Waals surface area contributed by atoms with Crippen molar-refractivity contribution in [3.8, 4) is 17.2 Å². The number of fused-ring (bicyclic) bond motifs is 1. The first-order valence-corrected chi connectivity index (χ1v) is 10.2. The SMILES string of the molecule is COc1ccc(NC(=O)/C=C/c2ccccc2/C=C2\Oc3ccccc3NC2=O)cc1OC. The molecule has 0 bridgehead atoms. The van der Waals surface area contributed by atoms with Crippen LogP contribution in [-0.4, -0.2) is 26.0 Å². The van der Waals surface area contributed by atoms with Gasteiger partial charge >= 0.3 is 0 Å². The van der Waals surface area contributed by atoms with Crippen molar-refractivity contribution in [2.45, 2.75) is 0 Å². The Bertz CT molecular complexity index is 1260. The van der Waals surface area contributed by atoms with Crippen molar-refractivity contribution in [1.82, 2.24) is 0 Å². The van der Waals surface area contributed by atoms with E-state index < -0.39 is 0 Å². The lowest BCUT2D eigenvalue weighted by Crippen LogP contribution is -2.23. The van der Waals surface area contributed by atoms with Crippen LogP contribution < -0.4 is 24.8 Å². The van der Waals surface area contributed by atoms with Gasteiger partial charge in [0.05, 0.1) is 19.9 Å². The molecule has 7 heteroatoms. The quantitative estimate of drug-likeness (QED) is 0.539. The summed E-state index contributed by atoms with van der Waals surface area (Å²) in [5, 5.41) is 5.60. The fourth-order valence-electron chi connectivity index (χ4n) is 3.30. The van der Waals surface area contributed by atoms with Gasteiger partial charge in [0.25, 0.3) is 5.91 Å². The van der Waals surface area contributed by atoms with Crippen LogP contribution in [0, 0.1) is 0 Å². The Morgan fingerprint density at radius 3 is 2.45 bits per heavy atom. The first kappa shape index (κ1) is 21.7. The van der Waals surface area contributed by atoms with Crippen molar-refractivity contribution in [2.24, 2.45) is 0 Å². The van der Waals surface area contributed by atoms with Gasteiger partial charge in [-0.25, -0.2) is 0 Å². The highest BCUT2D eigenvalue weighted by Gasteiger charge is 2.21. The summed E-state index contributed by atoms with van der Waals surface area (Å²) in [6.45, 7) is 0. The second-order valence-electron chi connectivity index (χ2n) is 7.08. The van der Waals surface area contributed by atoms with E-state index in [1.807, 2.05) is 36.4 Å². The van der Waals surface area contributed by atoms with Crippen LogP contribution in [0.3, 0.4) is 0 Å². The Balaban J connectivity index is 1.52. The first-order chi connectivity index (χ1) is 16.1. The lowest BCUT2D eigenvalue weighted by Gasteiger charge is -2.19. The summed E-state index contributed by atoms with van der Waals surface area (Å²) < 4.78 is 16.2. The molecule has 33 heavy (non-hydrogen) atoms. The molecule has 166 valence electrons. The molecular weight excluding hydrogens is 420 g/mol. The lowest BCUT2D eigenvalue weighted by molar-refractivity contribution is -0.115. The Hall–Kier alpha value is -4.52. The lowest BCUT2D eigenvalue weighted by atomic mass is 10.1. The molecule has 0 radical (unpaired) electrons. The van der Waals surface area contributed by atoms with E-state index in [4.69, 9.17) is 14.2 Å². The van der Waals surface area contributed by atoms with Gasteiger partial charge in [-0.05, 0) is 47.5 Å². The maximum absolute atomic E-state index is 12.5. The number of anilines is 2. The molecule has 0 atom stereocenters. The van der Waals surface area contributed by atoms with Crippen molar-refractivity contribution >= 4 is 35.3 Å². The zero-order valence-corrected chi connectivity index (χ0v) is 18.1. The minimum Gasteiger partial charge on any atom is -0.493 e. The van der Waals surface area contributed by atoms with Crippen LogP contribution in [0.2, 0.25) is 0 Å². The second kappa shape index (κ2) is 9.74.